The highest BCUT2D eigenvalue weighted by Gasteiger charge is 2.62. The van der Waals surface area contributed by atoms with Crippen molar-refractivity contribution in [3.05, 3.63) is 23.0 Å². The van der Waals surface area contributed by atoms with Gasteiger partial charge < -0.3 is 28.8 Å². The Morgan fingerprint density at radius 2 is 1.85 bits per heavy atom. The summed E-state index contributed by atoms with van der Waals surface area (Å²) in [5.74, 6) is -4.16. The van der Waals surface area contributed by atoms with Crippen LogP contribution in [0, 0.1) is 5.92 Å². The maximum absolute atomic E-state index is 12.7. The average molecular weight is 481 g/mol. The molecule has 0 radical (unpaired) electrons. The maximum Gasteiger partial charge on any atom is 0.343 e. The summed E-state index contributed by atoms with van der Waals surface area (Å²) in [6, 6.07) is 0. The highest BCUT2D eigenvalue weighted by atomic mass is 16.7. The van der Waals surface area contributed by atoms with Crippen LogP contribution >= 0.6 is 0 Å². The number of fused-ring (bicyclic) bond motifs is 3. The molecule has 3 rings (SSSR count). The molecule has 1 saturated heterocycles. The summed E-state index contributed by atoms with van der Waals surface area (Å²) >= 11 is 0. The summed E-state index contributed by atoms with van der Waals surface area (Å²) in [5, 5.41) is 11.7. The first-order valence-corrected chi connectivity index (χ1v) is 11.3. The summed E-state index contributed by atoms with van der Waals surface area (Å²) < 4.78 is 28.0. The smallest absolute Gasteiger partial charge is 0.343 e. The summed E-state index contributed by atoms with van der Waals surface area (Å²) in [6.07, 6.45) is 0.764. The predicted octanol–water partition coefficient (Wildman–Crippen LogP) is 2.23. The normalized spacial score (nSPS) is 32.8. The molecule has 0 aromatic carbocycles. The largest absolute Gasteiger partial charge is 0.461 e. The Labute approximate surface area is 198 Å². The number of esters is 4. The Bertz CT molecular complexity index is 959. The topological polar surface area (TPSA) is 135 Å². The van der Waals surface area contributed by atoms with Crippen LogP contribution in [0.25, 0.3) is 0 Å². The van der Waals surface area contributed by atoms with Gasteiger partial charge in [0.1, 0.15) is 24.1 Å². The zero-order chi connectivity index (χ0) is 25.5. The third-order valence-electron chi connectivity index (χ3n) is 6.13. The molecule has 0 amide bonds. The van der Waals surface area contributed by atoms with Crippen molar-refractivity contribution < 1.29 is 48.0 Å². The molecule has 1 fully saturated rings. The fourth-order valence-electron chi connectivity index (χ4n) is 4.56. The first kappa shape index (κ1) is 25.9. The van der Waals surface area contributed by atoms with E-state index < -0.39 is 53.6 Å². The highest BCUT2D eigenvalue weighted by molar-refractivity contribution is 5.95. The molecule has 0 aromatic rings. The standard InChI is InChI=1S/C24H32O10/c1-13(2)9-19(27)33-24-8-7-22(5,34-24)10-17-20(16(21(28)32-17)12-30-14(3)25)18(31-15(4)26)11-23(24,6)29/h10,13,18,29H,7-9,11-12H2,1-6H3. The lowest BCUT2D eigenvalue weighted by Crippen LogP contribution is -2.57. The summed E-state index contributed by atoms with van der Waals surface area (Å²) in [5.41, 5.74) is -2.73. The van der Waals surface area contributed by atoms with Crippen LogP contribution in [0.1, 0.15) is 67.2 Å². The van der Waals surface area contributed by atoms with Crippen LogP contribution in [0.5, 0.6) is 0 Å². The number of aliphatic hydroxyl groups is 1. The molecule has 3 aliphatic rings. The molecule has 4 unspecified atom stereocenters. The fraction of sp³-hybridized carbons (Fsp3) is 0.667. The van der Waals surface area contributed by atoms with Gasteiger partial charge in [-0.05, 0) is 32.3 Å². The Morgan fingerprint density at radius 3 is 2.44 bits per heavy atom. The summed E-state index contributed by atoms with van der Waals surface area (Å²) in [4.78, 5) is 48.6. The second kappa shape index (κ2) is 9.14. The lowest BCUT2D eigenvalue weighted by molar-refractivity contribution is -0.306. The average Bonchev–Trinajstić information content (AvgIpc) is 3.15. The zero-order valence-corrected chi connectivity index (χ0v) is 20.4. The minimum atomic E-state index is -1.83. The second-order valence-electron chi connectivity index (χ2n) is 9.89. The molecule has 1 N–H and O–H groups in total. The molecule has 188 valence electrons. The van der Waals surface area contributed by atoms with Crippen LogP contribution in [-0.2, 0) is 42.9 Å². The van der Waals surface area contributed by atoms with E-state index in [2.05, 4.69) is 0 Å². The molecule has 4 atom stereocenters. The molecule has 0 spiro atoms. The van der Waals surface area contributed by atoms with Gasteiger partial charge in [-0.25, -0.2) is 4.79 Å². The molecular formula is C24H32O10. The van der Waals surface area contributed by atoms with Crippen LogP contribution in [-0.4, -0.2) is 58.7 Å². The van der Waals surface area contributed by atoms with E-state index in [1.165, 1.54) is 20.8 Å². The van der Waals surface area contributed by atoms with Gasteiger partial charge in [-0.1, -0.05) is 13.8 Å². The number of carbonyl (C=O) groups is 4. The van der Waals surface area contributed by atoms with Gasteiger partial charge in [-0.15, -0.1) is 0 Å². The van der Waals surface area contributed by atoms with E-state index in [0.717, 1.165) is 0 Å². The molecule has 0 aliphatic carbocycles. The van der Waals surface area contributed by atoms with E-state index >= 15 is 0 Å². The van der Waals surface area contributed by atoms with Crippen LogP contribution < -0.4 is 0 Å². The molecule has 10 heteroatoms. The molecular weight excluding hydrogens is 448 g/mol. The third kappa shape index (κ3) is 5.17. The van der Waals surface area contributed by atoms with Crippen LogP contribution in [0.4, 0.5) is 0 Å². The van der Waals surface area contributed by atoms with Crippen molar-refractivity contribution in [2.24, 2.45) is 5.92 Å². The minimum absolute atomic E-state index is 0.00396. The van der Waals surface area contributed by atoms with E-state index in [1.807, 2.05) is 13.8 Å². The highest BCUT2D eigenvalue weighted by Crippen LogP contribution is 2.51. The first-order valence-electron chi connectivity index (χ1n) is 11.3. The van der Waals surface area contributed by atoms with Crippen LogP contribution in [0.15, 0.2) is 23.0 Å². The molecule has 3 aliphatic heterocycles. The number of ether oxygens (including phenoxy) is 5. The van der Waals surface area contributed by atoms with Gasteiger partial charge in [-0.3, -0.25) is 14.4 Å². The quantitative estimate of drug-likeness (QED) is 0.445. The zero-order valence-electron chi connectivity index (χ0n) is 20.4. The molecule has 0 saturated carbocycles. The van der Waals surface area contributed by atoms with Crippen molar-refractivity contribution in [3.63, 3.8) is 0 Å². The third-order valence-corrected chi connectivity index (χ3v) is 6.13. The van der Waals surface area contributed by atoms with Gasteiger partial charge in [0.25, 0.3) is 0 Å². The number of rotatable bonds is 6. The van der Waals surface area contributed by atoms with Crippen molar-refractivity contribution in [1.29, 1.82) is 0 Å². The maximum atomic E-state index is 12.7. The SMILES string of the molecule is CC(=O)OCC1=C2C(=CC3(C)CCC(OC(=O)CC(C)C)(O3)C(C)(O)CC2OC(C)=O)OC1=O. The van der Waals surface area contributed by atoms with Gasteiger partial charge in [0.15, 0.2) is 0 Å². The van der Waals surface area contributed by atoms with Crippen molar-refractivity contribution in [2.45, 2.75) is 90.3 Å². The second-order valence-corrected chi connectivity index (χ2v) is 9.89. The van der Waals surface area contributed by atoms with Crippen LogP contribution in [0.2, 0.25) is 0 Å². The molecule has 34 heavy (non-hydrogen) atoms. The van der Waals surface area contributed by atoms with Gasteiger partial charge in [0.05, 0.1) is 11.2 Å². The molecule has 2 bridgehead atoms. The van der Waals surface area contributed by atoms with Gasteiger partial charge in [0.2, 0.25) is 5.79 Å². The Balaban J connectivity index is 2.13. The Hall–Kier alpha value is -2.72. The predicted molar refractivity (Wildman–Crippen MR) is 116 cm³/mol. The number of hydrogen-bond acceptors (Lipinski definition) is 10. The molecule has 10 nitrogen and oxygen atoms in total. The van der Waals surface area contributed by atoms with Crippen molar-refractivity contribution in [2.75, 3.05) is 6.61 Å². The minimum Gasteiger partial charge on any atom is -0.461 e. The summed E-state index contributed by atoms with van der Waals surface area (Å²) in [6.45, 7) is 8.89. The van der Waals surface area contributed by atoms with E-state index in [4.69, 9.17) is 23.7 Å². The summed E-state index contributed by atoms with van der Waals surface area (Å²) in [7, 11) is 0. The number of hydrogen-bond donors (Lipinski definition) is 1. The van der Waals surface area contributed by atoms with Crippen LogP contribution in [0.3, 0.4) is 0 Å². The first-order chi connectivity index (χ1) is 15.7. The number of carbonyl (C=O) groups excluding carboxylic acids is 4. The van der Waals surface area contributed by atoms with Gasteiger partial charge >= 0.3 is 23.9 Å². The fourth-order valence-corrected chi connectivity index (χ4v) is 4.56. The monoisotopic (exact) mass is 480 g/mol. The molecule has 0 aromatic heterocycles. The van der Waals surface area contributed by atoms with E-state index in [9.17, 15) is 24.3 Å². The lowest BCUT2D eigenvalue weighted by Gasteiger charge is -2.43. The van der Waals surface area contributed by atoms with E-state index in [1.54, 1.807) is 13.0 Å². The Morgan fingerprint density at radius 1 is 1.18 bits per heavy atom. The van der Waals surface area contributed by atoms with Crippen molar-refractivity contribution in [3.8, 4) is 0 Å². The Kier molecular flexibility index (Phi) is 6.96. The lowest BCUT2D eigenvalue weighted by atomic mass is 9.82. The van der Waals surface area contributed by atoms with E-state index in [-0.39, 0.29) is 42.1 Å². The van der Waals surface area contributed by atoms with E-state index in [0.29, 0.717) is 6.42 Å². The van der Waals surface area contributed by atoms with Gasteiger partial charge in [0, 0.05) is 38.7 Å². The molecule has 3 heterocycles. The van der Waals surface area contributed by atoms with Crippen molar-refractivity contribution in [1.82, 2.24) is 0 Å². The van der Waals surface area contributed by atoms with Gasteiger partial charge in [-0.2, -0.15) is 0 Å². The van der Waals surface area contributed by atoms with Crippen molar-refractivity contribution >= 4 is 23.9 Å².